The molecule has 24 heavy (non-hydrogen) atoms. The molecule has 1 aromatic carbocycles. The average Bonchev–Trinajstić information content (AvgIpc) is 3.44. The topological polar surface area (TPSA) is 61.4 Å². The molecule has 2 aliphatic rings. The summed E-state index contributed by atoms with van der Waals surface area (Å²) in [4.78, 5) is 26.3. The highest BCUT2D eigenvalue weighted by Crippen LogP contribution is 2.28. The van der Waals surface area contributed by atoms with Crippen molar-refractivity contribution in [2.45, 2.75) is 45.1 Å². The van der Waals surface area contributed by atoms with Crippen molar-refractivity contribution < 1.29 is 9.59 Å². The second kappa shape index (κ2) is 7.69. The van der Waals surface area contributed by atoms with Crippen LogP contribution < -0.4 is 15.5 Å². The van der Waals surface area contributed by atoms with E-state index in [1.54, 1.807) is 0 Å². The normalized spacial score (nSPS) is 18.3. The lowest BCUT2D eigenvalue weighted by Crippen LogP contribution is -2.45. The summed E-state index contributed by atoms with van der Waals surface area (Å²) in [5, 5.41) is 6.13. The maximum atomic E-state index is 12.5. The number of rotatable bonds is 6. The van der Waals surface area contributed by atoms with E-state index in [0.29, 0.717) is 12.3 Å². The predicted molar refractivity (Wildman–Crippen MR) is 95.2 cm³/mol. The van der Waals surface area contributed by atoms with Gasteiger partial charge in [0.25, 0.3) is 5.91 Å². The predicted octanol–water partition coefficient (Wildman–Crippen LogP) is 2.32. The maximum Gasteiger partial charge on any atom is 0.253 e. The lowest BCUT2D eigenvalue weighted by atomic mass is 10.0. The number of benzene rings is 1. The molecule has 2 amide bonds. The van der Waals surface area contributed by atoms with Crippen LogP contribution >= 0.6 is 0 Å². The van der Waals surface area contributed by atoms with Gasteiger partial charge in [-0.05, 0) is 43.7 Å². The van der Waals surface area contributed by atoms with E-state index in [2.05, 4.69) is 15.5 Å². The number of carbonyl (C=O) groups excluding carboxylic acids is 2. The molecule has 1 aromatic rings. The highest BCUT2D eigenvalue weighted by atomic mass is 16.2. The van der Waals surface area contributed by atoms with Crippen molar-refractivity contribution >= 4 is 17.5 Å². The molecule has 5 heteroatoms. The lowest BCUT2D eigenvalue weighted by molar-refractivity contribution is -0.121. The number of para-hydroxylation sites is 1. The quantitative estimate of drug-likeness (QED) is 0.842. The Balaban J connectivity index is 1.60. The summed E-state index contributed by atoms with van der Waals surface area (Å²) in [6, 6.07) is 8.09. The van der Waals surface area contributed by atoms with Crippen LogP contribution in [0.4, 0.5) is 5.69 Å². The molecule has 1 aliphatic carbocycles. The van der Waals surface area contributed by atoms with Gasteiger partial charge < -0.3 is 15.5 Å². The summed E-state index contributed by atoms with van der Waals surface area (Å²) in [6.07, 6.45) is 4.84. The zero-order chi connectivity index (χ0) is 16.9. The van der Waals surface area contributed by atoms with Gasteiger partial charge in [-0.15, -0.1) is 0 Å². The maximum absolute atomic E-state index is 12.5. The van der Waals surface area contributed by atoms with Crippen LogP contribution in [0.1, 0.15) is 49.4 Å². The van der Waals surface area contributed by atoms with Gasteiger partial charge in [0.05, 0.1) is 5.56 Å². The summed E-state index contributed by atoms with van der Waals surface area (Å²) >= 11 is 0. The molecule has 5 nitrogen and oxygen atoms in total. The van der Waals surface area contributed by atoms with Crippen molar-refractivity contribution in [3.63, 3.8) is 0 Å². The molecular formula is C19H27N3O2. The molecule has 2 N–H and O–H groups in total. The molecule has 1 heterocycles. The van der Waals surface area contributed by atoms with E-state index in [0.717, 1.165) is 43.7 Å². The molecule has 1 saturated heterocycles. The van der Waals surface area contributed by atoms with Gasteiger partial charge in [-0.25, -0.2) is 0 Å². The first-order valence-electron chi connectivity index (χ1n) is 9.09. The molecule has 0 radical (unpaired) electrons. The zero-order valence-electron chi connectivity index (χ0n) is 14.4. The Hall–Kier alpha value is -2.04. The van der Waals surface area contributed by atoms with Gasteiger partial charge in [-0.3, -0.25) is 9.59 Å². The van der Waals surface area contributed by atoms with Crippen LogP contribution in [-0.2, 0) is 4.79 Å². The lowest BCUT2D eigenvalue weighted by Gasteiger charge is -2.34. The fraction of sp³-hybridized carbons (Fsp3) is 0.579. The molecule has 130 valence electrons. The van der Waals surface area contributed by atoms with Crippen LogP contribution in [0.3, 0.4) is 0 Å². The zero-order valence-corrected chi connectivity index (χ0v) is 14.4. The standard InChI is InChI=1S/C19H27N3O2/c1-2-18(23)21-15-9-11-22(12-10-15)17-6-4-3-5-16(17)19(24)20-13-14-7-8-14/h3-6,14-15H,2,7-13H2,1H3,(H,20,24)(H,21,23). The third kappa shape index (κ3) is 4.28. The van der Waals surface area contributed by atoms with Crippen molar-refractivity contribution in [2.24, 2.45) is 5.92 Å². The molecule has 0 aromatic heterocycles. The number of anilines is 1. The first kappa shape index (κ1) is 16.8. The summed E-state index contributed by atoms with van der Waals surface area (Å²) < 4.78 is 0. The van der Waals surface area contributed by atoms with Crippen molar-refractivity contribution in [1.82, 2.24) is 10.6 Å². The average molecular weight is 329 g/mol. The summed E-state index contributed by atoms with van der Waals surface area (Å²) in [5.74, 6) is 0.825. The Morgan fingerprint density at radius 2 is 1.83 bits per heavy atom. The van der Waals surface area contributed by atoms with Crippen molar-refractivity contribution in [3.05, 3.63) is 29.8 Å². The van der Waals surface area contributed by atoms with Gasteiger partial charge in [-0.2, -0.15) is 0 Å². The highest BCUT2D eigenvalue weighted by Gasteiger charge is 2.25. The molecule has 0 spiro atoms. The second-order valence-electron chi connectivity index (χ2n) is 6.85. The van der Waals surface area contributed by atoms with Crippen LogP contribution in [0.15, 0.2) is 24.3 Å². The monoisotopic (exact) mass is 329 g/mol. The number of hydrogen-bond donors (Lipinski definition) is 2. The number of hydrogen-bond acceptors (Lipinski definition) is 3. The third-order valence-corrected chi connectivity index (χ3v) is 4.92. The van der Waals surface area contributed by atoms with Gasteiger partial charge in [0.1, 0.15) is 0 Å². The minimum absolute atomic E-state index is 0.0268. The molecule has 0 bridgehead atoms. The van der Waals surface area contributed by atoms with Gasteiger partial charge in [-0.1, -0.05) is 19.1 Å². The molecule has 1 saturated carbocycles. The summed E-state index contributed by atoms with van der Waals surface area (Å²) in [5.41, 5.74) is 1.76. The first-order valence-corrected chi connectivity index (χ1v) is 9.09. The number of piperidine rings is 1. The highest BCUT2D eigenvalue weighted by molar-refractivity contribution is 5.99. The Kier molecular flexibility index (Phi) is 5.38. The van der Waals surface area contributed by atoms with E-state index in [1.807, 2.05) is 31.2 Å². The fourth-order valence-electron chi connectivity index (χ4n) is 3.19. The Morgan fingerprint density at radius 3 is 2.50 bits per heavy atom. The number of nitrogens with zero attached hydrogens (tertiary/aromatic N) is 1. The van der Waals surface area contributed by atoms with E-state index in [-0.39, 0.29) is 17.9 Å². The van der Waals surface area contributed by atoms with Crippen molar-refractivity contribution in [3.8, 4) is 0 Å². The van der Waals surface area contributed by atoms with Gasteiger partial charge in [0, 0.05) is 37.8 Å². The van der Waals surface area contributed by atoms with Crippen LogP contribution in [0, 0.1) is 5.92 Å². The second-order valence-corrected chi connectivity index (χ2v) is 6.85. The molecule has 1 aliphatic heterocycles. The van der Waals surface area contributed by atoms with Crippen LogP contribution in [0.5, 0.6) is 0 Å². The van der Waals surface area contributed by atoms with E-state index >= 15 is 0 Å². The van der Waals surface area contributed by atoms with Crippen molar-refractivity contribution in [1.29, 1.82) is 0 Å². The van der Waals surface area contributed by atoms with Gasteiger partial charge >= 0.3 is 0 Å². The third-order valence-electron chi connectivity index (χ3n) is 4.92. The first-order chi connectivity index (χ1) is 11.7. The minimum Gasteiger partial charge on any atom is -0.371 e. The molecule has 2 fully saturated rings. The van der Waals surface area contributed by atoms with Gasteiger partial charge in [0.15, 0.2) is 0 Å². The van der Waals surface area contributed by atoms with Crippen LogP contribution in [0.25, 0.3) is 0 Å². The summed E-state index contributed by atoms with van der Waals surface area (Å²) in [6.45, 7) is 4.39. The minimum atomic E-state index is 0.0268. The van der Waals surface area contributed by atoms with E-state index in [9.17, 15) is 9.59 Å². The number of nitrogens with one attached hydrogen (secondary N) is 2. The molecule has 3 rings (SSSR count). The summed E-state index contributed by atoms with van der Waals surface area (Å²) in [7, 11) is 0. The van der Waals surface area contributed by atoms with E-state index in [1.165, 1.54) is 12.8 Å². The van der Waals surface area contributed by atoms with Gasteiger partial charge in [0.2, 0.25) is 5.91 Å². The number of amides is 2. The van der Waals surface area contributed by atoms with E-state index in [4.69, 9.17) is 0 Å². The molecule has 0 unspecified atom stereocenters. The Morgan fingerprint density at radius 1 is 1.12 bits per heavy atom. The fourth-order valence-corrected chi connectivity index (χ4v) is 3.19. The Labute approximate surface area is 143 Å². The smallest absolute Gasteiger partial charge is 0.253 e. The van der Waals surface area contributed by atoms with E-state index < -0.39 is 0 Å². The number of carbonyl (C=O) groups is 2. The largest absolute Gasteiger partial charge is 0.371 e. The molecular weight excluding hydrogens is 302 g/mol. The van der Waals surface area contributed by atoms with Crippen LogP contribution in [0.2, 0.25) is 0 Å². The Bertz CT molecular complexity index is 590. The molecule has 0 atom stereocenters. The SMILES string of the molecule is CCC(=O)NC1CCN(c2ccccc2C(=O)NCC2CC2)CC1. The van der Waals surface area contributed by atoms with Crippen molar-refractivity contribution in [2.75, 3.05) is 24.5 Å². The van der Waals surface area contributed by atoms with Crippen LogP contribution in [-0.4, -0.2) is 37.5 Å².